The molecule has 0 saturated heterocycles. The first-order chi connectivity index (χ1) is 10.2. The number of hydrogen-bond acceptors (Lipinski definition) is 3. The van der Waals surface area contributed by atoms with Crippen molar-refractivity contribution in [1.29, 1.82) is 0 Å². The topological polar surface area (TPSA) is 32.7 Å². The van der Waals surface area contributed by atoms with E-state index in [1.807, 2.05) is 42.5 Å². The highest BCUT2D eigenvalue weighted by molar-refractivity contribution is 9.10. The zero-order chi connectivity index (χ0) is 14.7. The van der Waals surface area contributed by atoms with Gasteiger partial charge in [-0.25, -0.2) is 0 Å². The van der Waals surface area contributed by atoms with Gasteiger partial charge in [0.2, 0.25) is 0 Å². The van der Waals surface area contributed by atoms with Gasteiger partial charge in [-0.3, -0.25) is 0 Å². The summed E-state index contributed by atoms with van der Waals surface area (Å²) in [6, 6.07) is 15.9. The highest BCUT2D eigenvalue weighted by Crippen LogP contribution is 2.33. The quantitative estimate of drug-likeness (QED) is 0.913. The Bertz CT molecular complexity index is 617. The van der Waals surface area contributed by atoms with E-state index in [-0.39, 0.29) is 6.10 Å². The number of rotatable bonds is 4. The average molecular weight is 348 g/mol. The summed E-state index contributed by atoms with van der Waals surface area (Å²) < 4.78 is 6.82. The predicted octanol–water partition coefficient (Wildman–Crippen LogP) is 3.77. The molecule has 21 heavy (non-hydrogen) atoms. The Kier molecular flexibility index (Phi) is 4.46. The van der Waals surface area contributed by atoms with Crippen molar-refractivity contribution < 1.29 is 9.84 Å². The molecule has 0 radical (unpaired) electrons. The minimum atomic E-state index is -0.344. The van der Waals surface area contributed by atoms with Crippen molar-refractivity contribution in [3.05, 3.63) is 58.6 Å². The number of anilines is 1. The number of aliphatic hydroxyl groups is 1. The minimum absolute atomic E-state index is 0.344. The molecule has 1 unspecified atom stereocenters. The average Bonchev–Trinajstić information content (AvgIpc) is 2.50. The molecule has 0 fully saturated rings. The zero-order valence-corrected chi connectivity index (χ0v) is 13.3. The summed E-state index contributed by atoms with van der Waals surface area (Å²) in [5, 5.41) is 10.0. The van der Waals surface area contributed by atoms with Crippen LogP contribution in [0.5, 0.6) is 5.75 Å². The Morgan fingerprint density at radius 2 is 2.05 bits per heavy atom. The van der Waals surface area contributed by atoms with Gasteiger partial charge in [0.25, 0.3) is 0 Å². The lowest BCUT2D eigenvalue weighted by molar-refractivity contribution is 0.163. The number of hydrogen-bond donors (Lipinski definition) is 1. The van der Waals surface area contributed by atoms with Crippen LogP contribution < -0.4 is 9.64 Å². The zero-order valence-electron chi connectivity index (χ0n) is 11.7. The first kappa shape index (κ1) is 14.4. The van der Waals surface area contributed by atoms with Crippen molar-refractivity contribution in [3.63, 3.8) is 0 Å². The second-order valence-corrected chi connectivity index (χ2v) is 6.07. The third-order valence-electron chi connectivity index (χ3n) is 3.73. The normalized spacial score (nSPS) is 17.4. The van der Waals surface area contributed by atoms with E-state index < -0.39 is 0 Å². The maximum Gasteiger partial charge on any atom is 0.120 e. The number of ether oxygens (including phenoxy) is 1. The Labute approximate surface area is 133 Å². The molecule has 0 bridgehead atoms. The highest BCUT2D eigenvalue weighted by atomic mass is 79.9. The van der Waals surface area contributed by atoms with E-state index in [9.17, 15) is 5.11 Å². The maximum absolute atomic E-state index is 10.0. The lowest BCUT2D eigenvalue weighted by Crippen LogP contribution is -2.34. The van der Waals surface area contributed by atoms with Crippen molar-refractivity contribution in [2.24, 2.45) is 0 Å². The van der Waals surface area contributed by atoms with E-state index in [0.29, 0.717) is 6.61 Å². The van der Waals surface area contributed by atoms with E-state index >= 15 is 0 Å². The van der Waals surface area contributed by atoms with Gasteiger partial charge in [-0.2, -0.15) is 0 Å². The van der Waals surface area contributed by atoms with Gasteiger partial charge >= 0.3 is 0 Å². The summed E-state index contributed by atoms with van der Waals surface area (Å²) in [5.41, 5.74) is 2.14. The van der Waals surface area contributed by atoms with Gasteiger partial charge in [0, 0.05) is 22.3 Å². The lowest BCUT2D eigenvalue weighted by Gasteiger charge is -2.33. The molecular weight excluding hydrogens is 330 g/mol. The molecule has 1 heterocycles. The smallest absolute Gasteiger partial charge is 0.120 e. The van der Waals surface area contributed by atoms with Crippen molar-refractivity contribution in [2.45, 2.75) is 12.5 Å². The summed E-state index contributed by atoms with van der Waals surface area (Å²) in [6.07, 6.45) is 0.428. The number of halogens is 1. The van der Waals surface area contributed by atoms with E-state index in [2.05, 4.69) is 26.9 Å². The number of fused-ring (bicyclic) bond motifs is 1. The largest absolute Gasteiger partial charge is 0.492 e. The van der Waals surface area contributed by atoms with Crippen LogP contribution in [-0.2, 0) is 0 Å². The third kappa shape index (κ3) is 3.39. The van der Waals surface area contributed by atoms with Crippen LogP contribution in [0.15, 0.2) is 53.0 Å². The number of aliphatic hydroxyl groups excluding tert-OH is 1. The lowest BCUT2D eigenvalue weighted by atomic mass is 9.99. The Balaban J connectivity index is 1.63. The highest BCUT2D eigenvalue weighted by Gasteiger charge is 2.22. The molecule has 2 aromatic rings. The van der Waals surface area contributed by atoms with E-state index in [1.165, 1.54) is 0 Å². The van der Waals surface area contributed by atoms with Crippen molar-refractivity contribution in [2.75, 3.05) is 24.6 Å². The van der Waals surface area contributed by atoms with Crippen LogP contribution in [0.1, 0.15) is 18.1 Å². The monoisotopic (exact) mass is 347 g/mol. The summed E-state index contributed by atoms with van der Waals surface area (Å²) >= 11 is 3.44. The van der Waals surface area contributed by atoms with E-state index in [1.54, 1.807) is 0 Å². The molecule has 3 rings (SSSR count). The van der Waals surface area contributed by atoms with Crippen LogP contribution in [0.25, 0.3) is 0 Å². The van der Waals surface area contributed by atoms with Gasteiger partial charge in [0.15, 0.2) is 0 Å². The van der Waals surface area contributed by atoms with Crippen LogP contribution in [-0.4, -0.2) is 24.8 Å². The molecule has 110 valence electrons. The number of para-hydroxylation sites is 1. The molecule has 0 amide bonds. The van der Waals surface area contributed by atoms with Crippen molar-refractivity contribution in [3.8, 4) is 5.75 Å². The van der Waals surface area contributed by atoms with Crippen molar-refractivity contribution >= 4 is 21.6 Å². The first-order valence-corrected chi connectivity index (χ1v) is 7.93. The summed E-state index contributed by atoms with van der Waals surface area (Å²) in [6.45, 7) is 2.30. The number of nitrogens with zero attached hydrogens (tertiary/aromatic N) is 1. The van der Waals surface area contributed by atoms with Gasteiger partial charge < -0.3 is 14.7 Å². The molecule has 1 atom stereocenters. The molecule has 0 aliphatic carbocycles. The standard InChI is InChI=1S/C17H18BrNO2/c18-13-4-3-5-14(12-13)21-11-10-19-9-8-17(20)15-6-1-2-7-16(15)19/h1-7,12,17,20H,8-11H2. The molecular formula is C17H18BrNO2. The molecule has 4 heteroatoms. The second kappa shape index (κ2) is 6.50. The van der Waals surface area contributed by atoms with Crippen LogP contribution in [0.3, 0.4) is 0 Å². The fraction of sp³-hybridized carbons (Fsp3) is 0.294. The maximum atomic E-state index is 10.0. The predicted molar refractivity (Wildman–Crippen MR) is 87.9 cm³/mol. The second-order valence-electron chi connectivity index (χ2n) is 5.16. The van der Waals surface area contributed by atoms with Gasteiger partial charge in [-0.05, 0) is 30.7 Å². The third-order valence-corrected chi connectivity index (χ3v) is 4.23. The van der Waals surface area contributed by atoms with Gasteiger partial charge in [0.1, 0.15) is 12.4 Å². The van der Waals surface area contributed by atoms with Crippen LogP contribution >= 0.6 is 15.9 Å². The van der Waals surface area contributed by atoms with Crippen molar-refractivity contribution in [1.82, 2.24) is 0 Å². The molecule has 0 saturated carbocycles. The molecule has 2 aromatic carbocycles. The molecule has 1 N–H and O–H groups in total. The molecule has 1 aliphatic rings. The molecule has 0 spiro atoms. The fourth-order valence-corrected chi connectivity index (χ4v) is 3.05. The minimum Gasteiger partial charge on any atom is -0.492 e. The summed E-state index contributed by atoms with van der Waals surface area (Å²) in [7, 11) is 0. The number of benzene rings is 2. The van der Waals surface area contributed by atoms with Gasteiger partial charge in [-0.1, -0.05) is 40.2 Å². The molecule has 1 aliphatic heterocycles. The van der Waals surface area contributed by atoms with Crippen LogP contribution in [0, 0.1) is 0 Å². The molecule has 0 aromatic heterocycles. The van der Waals surface area contributed by atoms with Crippen LogP contribution in [0.2, 0.25) is 0 Å². The molecule has 3 nitrogen and oxygen atoms in total. The van der Waals surface area contributed by atoms with E-state index in [0.717, 1.165) is 41.0 Å². The van der Waals surface area contributed by atoms with Gasteiger partial charge in [0.05, 0.1) is 12.6 Å². The summed E-state index contributed by atoms with van der Waals surface area (Å²) in [4.78, 5) is 2.28. The van der Waals surface area contributed by atoms with Crippen LogP contribution in [0.4, 0.5) is 5.69 Å². The van der Waals surface area contributed by atoms with Gasteiger partial charge in [-0.15, -0.1) is 0 Å². The Hall–Kier alpha value is -1.52. The Morgan fingerprint density at radius 1 is 1.19 bits per heavy atom. The fourth-order valence-electron chi connectivity index (χ4n) is 2.67. The SMILES string of the molecule is OC1CCN(CCOc2cccc(Br)c2)c2ccccc21. The first-order valence-electron chi connectivity index (χ1n) is 7.14. The Morgan fingerprint density at radius 3 is 2.90 bits per heavy atom. The van der Waals surface area contributed by atoms with E-state index in [4.69, 9.17) is 4.74 Å². The summed E-state index contributed by atoms with van der Waals surface area (Å²) in [5.74, 6) is 0.870.